The van der Waals surface area contributed by atoms with Crippen molar-refractivity contribution in [1.29, 1.82) is 0 Å². The number of halogens is 4. The van der Waals surface area contributed by atoms with Crippen molar-refractivity contribution in [1.82, 2.24) is 4.57 Å². The van der Waals surface area contributed by atoms with Gasteiger partial charge >= 0.3 is 6.18 Å². The van der Waals surface area contributed by atoms with Crippen molar-refractivity contribution in [2.75, 3.05) is 0 Å². The minimum atomic E-state index is -4.33. The number of aromatic nitrogens is 1. The van der Waals surface area contributed by atoms with Gasteiger partial charge in [-0.15, -0.1) is 0 Å². The van der Waals surface area contributed by atoms with E-state index in [9.17, 15) is 18.3 Å². The van der Waals surface area contributed by atoms with Gasteiger partial charge in [0.15, 0.2) is 5.88 Å². The Morgan fingerprint density at radius 3 is 2.62 bits per heavy atom. The molecule has 0 aliphatic carbocycles. The number of rotatable bonds is 1. The molecule has 86 valence electrons. The fraction of sp³-hybridized carbons (Fsp3) is 0.200. The smallest absolute Gasteiger partial charge is 0.406 e. The normalized spacial score (nSPS) is 12.2. The molecule has 0 saturated carbocycles. The highest BCUT2D eigenvalue weighted by Crippen LogP contribution is 2.31. The first-order valence-corrected chi connectivity index (χ1v) is 5.49. The fourth-order valence-electron chi connectivity index (χ4n) is 1.53. The van der Waals surface area contributed by atoms with Crippen LogP contribution in [0.4, 0.5) is 13.2 Å². The summed E-state index contributed by atoms with van der Waals surface area (Å²) in [5, 5.41) is 10.7. The summed E-state index contributed by atoms with van der Waals surface area (Å²) in [6, 6.07) is 5.11. The molecule has 0 spiro atoms. The zero-order valence-electron chi connectivity index (χ0n) is 7.92. The van der Waals surface area contributed by atoms with E-state index in [0.29, 0.717) is 10.8 Å². The minimum absolute atomic E-state index is 0.342. The first-order valence-electron chi connectivity index (χ1n) is 4.41. The molecule has 0 bridgehead atoms. The summed E-state index contributed by atoms with van der Waals surface area (Å²) in [5.41, 5.74) is 0. The second kappa shape index (κ2) is 3.83. The number of aromatic hydroxyl groups is 1. The largest absolute Gasteiger partial charge is 0.494 e. The quantitative estimate of drug-likeness (QED) is 0.789. The van der Waals surface area contributed by atoms with Crippen molar-refractivity contribution in [3.05, 3.63) is 28.0 Å². The molecule has 2 nitrogen and oxygen atoms in total. The highest BCUT2D eigenvalue weighted by Gasteiger charge is 2.29. The van der Waals surface area contributed by atoms with Crippen LogP contribution in [-0.2, 0) is 6.54 Å². The van der Waals surface area contributed by atoms with E-state index in [0.717, 1.165) is 8.14 Å². The molecule has 1 aromatic carbocycles. The zero-order chi connectivity index (χ0) is 11.9. The van der Waals surface area contributed by atoms with Crippen LogP contribution in [0.5, 0.6) is 5.88 Å². The summed E-state index contributed by atoms with van der Waals surface area (Å²) in [4.78, 5) is 0. The van der Waals surface area contributed by atoms with Gasteiger partial charge in [0.25, 0.3) is 0 Å². The lowest BCUT2D eigenvalue weighted by Gasteiger charge is -2.07. The maximum Gasteiger partial charge on any atom is 0.406 e. The van der Waals surface area contributed by atoms with Crippen LogP contribution in [0.3, 0.4) is 0 Å². The number of hydrogen-bond donors (Lipinski definition) is 1. The van der Waals surface area contributed by atoms with E-state index >= 15 is 0 Å². The molecular formula is C10H7F3INO. The summed E-state index contributed by atoms with van der Waals surface area (Å²) in [6.45, 7) is -1.18. The lowest BCUT2D eigenvalue weighted by atomic mass is 10.2. The van der Waals surface area contributed by atoms with Crippen molar-refractivity contribution in [2.45, 2.75) is 12.7 Å². The summed E-state index contributed by atoms with van der Waals surface area (Å²) >= 11 is 2.04. The molecule has 1 N–H and O–H groups in total. The van der Waals surface area contributed by atoms with E-state index in [1.807, 2.05) is 22.6 Å². The first-order chi connectivity index (χ1) is 7.37. The number of hydrogen-bond acceptors (Lipinski definition) is 1. The monoisotopic (exact) mass is 341 g/mol. The van der Waals surface area contributed by atoms with Crippen LogP contribution in [0.25, 0.3) is 10.8 Å². The average molecular weight is 341 g/mol. The number of alkyl halides is 3. The molecule has 0 aliphatic rings. The molecule has 0 radical (unpaired) electrons. The van der Waals surface area contributed by atoms with Gasteiger partial charge in [-0.05, 0) is 34.7 Å². The molecule has 0 fully saturated rings. The summed E-state index contributed by atoms with van der Waals surface area (Å²) in [7, 11) is 0. The summed E-state index contributed by atoms with van der Waals surface area (Å²) in [6.07, 6.45) is -3.03. The van der Waals surface area contributed by atoms with Crippen LogP contribution in [0.2, 0.25) is 0 Å². The fourth-order valence-corrected chi connectivity index (χ4v) is 2.02. The van der Waals surface area contributed by atoms with E-state index in [-0.39, 0.29) is 5.88 Å². The minimum Gasteiger partial charge on any atom is -0.494 e. The molecule has 0 unspecified atom stereocenters. The molecule has 2 aromatic rings. The molecule has 0 atom stereocenters. The molecule has 0 saturated heterocycles. The Hall–Kier alpha value is -0.920. The van der Waals surface area contributed by atoms with Crippen LogP contribution < -0.4 is 0 Å². The third kappa shape index (κ3) is 2.26. The molecule has 2 rings (SSSR count). The van der Waals surface area contributed by atoms with Crippen LogP contribution in [-0.4, -0.2) is 15.8 Å². The van der Waals surface area contributed by atoms with Gasteiger partial charge in [-0.1, -0.05) is 6.07 Å². The van der Waals surface area contributed by atoms with Gasteiger partial charge < -0.3 is 9.67 Å². The molecule has 0 amide bonds. The van der Waals surface area contributed by atoms with Crippen molar-refractivity contribution < 1.29 is 18.3 Å². The highest BCUT2D eigenvalue weighted by molar-refractivity contribution is 14.1. The number of benzene rings is 1. The van der Waals surface area contributed by atoms with E-state index in [2.05, 4.69) is 0 Å². The van der Waals surface area contributed by atoms with Gasteiger partial charge in [-0.25, -0.2) is 0 Å². The number of nitrogens with zero attached hydrogens (tertiary/aromatic N) is 1. The predicted molar refractivity (Wildman–Crippen MR) is 62.4 cm³/mol. The molecule has 16 heavy (non-hydrogen) atoms. The van der Waals surface area contributed by atoms with Gasteiger partial charge in [0.2, 0.25) is 0 Å². The maximum atomic E-state index is 12.2. The number of fused-ring (bicyclic) bond motifs is 1. The Labute approximate surface area is 103 Å². The summed E-state index contributed by atoms with van der Waals surface area (Å²) in [5.74, 6) is -0.342. The second-order valence-electron chi connectivity index (χ2n) is 3.43. The molecule has 1 heterocycles. The van der Waals surface area contributed by atoms with Crippen molar-refractivity contribution in [3.8, 4) is 5.88 Å². The topological polar surface area (TPSA) is 25.2 Å². The Bertz CT molecular complexity index is 533. The highest BCUT2D eigenvalue weighted by atomic mass is 127. The second-order valence-corrected chi connectivity index (χ2v) is 4.67. The van der Waals surface area contributed by atoms with E-state index in [4.69, 9.17) is 0 Å². The van der Waals surface area contributed by atoms with Crippen LogP contribution in [0.15, 0.2) is 24.4 Å². The van der Waals surface area contributed by atoms with Crippen LogP contribution in [0.1, 0.15) is 0 Å². The molecule has 6 heteroatoms. The van der Waals surface area contributed by atoms with E-state index in [1.54, 1.807) is 18.2 Å². The SMILES string of the molecule is Oc1c2cc(I)ccc2cn1CC(F)(F)F. The molecular weight excluding hydrogens is 334 g/mol. The zero-order valence-corrected chi connectivity index (χ0v) is 10.1. The van der Waals surface area contributed by atoms with Crippen molar-refractivity contribution in [2.24, 2.45) is 0 Å². The Balaban J connectivity index is 2.52. The maximum absolute atomic E-state index is 12.2. The van der Waals surface area contributed by atoms with E-state index < -0.39 is 12.7 Å². The van der Waals surface area contributed by atoms with Crippen molar-refractivity contribution >= 4 is 33.4 Å². The molecule has 0 aliphatic heterocycles. The third-order valence-corrected chi connectivity index (χ3v) is 2.84. The van der Waals surface area contributed by atoms with Gasteiger partial charge in [-0.2, -0.15) is 13.2 Å². The standard InChI is InChI=1S/C10H7F3INO/c11-10(12,13)5-15-4-6-1-2-7(14)3-8(6)9(15)16/h1-4,16H,5H2. The first kappa shape index (κ1) is 11.6. The summed E-state index contributed by atoms with van der Waals surface area (Å²) < 4.78 is 38.3. The van der Waals surface area contributed by atoms with Crippen LogP contribution >= 0.6 is 22.6 Å². The van der Waals surface area contributed by atoms with Gasteiger partial charge in [0.1, 0.15) is 6.54 Å². The van der Waals surface area contributed by atoms with Gasteiger partial charge in [0.05, 0.1) is 0 Å². The Kier molecular flexibility index (Phi) is 2.77. The van der Waals surface area contributed by atoms with E-state index in [1.165, 1.54) is 6.20 Å². The van der Waals surface area contributed by atoms with Gasteiger partial charge in [-0.3, -0.25) is 0 Å². The Morgan fingerprint density at radius 2 is 2.00 bits per heavy atom. The lowest BCUT2D eigenvalue weighted by Crippen LogP contribution is -2.16. The lowest BCUT2D eigenvalue weighted by molar-refractivity contribution is -0.141. The third-order valence-electron chi connectivity index (χ3n) is 2.17. The van der Waals surface area contributed by atoms with Crippen LogP contribution in [0, 0.1) is 3.57 Å². The molecule has 1 aromatic heterocycles. The van der Waals surface area contributed by atoms with Crippen molar-refractivity contribution in [3.63, 3.8) is 0 Å². The van der Waals surface area contributed by atoms with Gasteiger partial charge in [0, 0.05) is 20.5 Å². The predicted octanol–water partition coefficient (Wildman–Crippen LogP) is 3.51. The Morgan fingerprint density at radius 1 is 1.31 bits per heavy atom. The average Bonchev–Trinajstić information content (AvgIpc) is 2.42.